The molecular weight excluding hydrogens is 170 g/mol. The van der Waals surface area contributed by atoms with Gasteiger partial charge in [0.05, 0.1) is 0 Å². The number of esters is 1. The van der Waals surface area contributed by atoms with Crippen LogP contribution in [0.1, 0.15) is 24.2 Å². The summed E-state index contributed by atoms with van der Waals surface area (Å²) in [7, 11) is 0. The molecule has 0 aliphatic heterocycles. The largest absolute Gasteiger partial charge is 0.408 e. The van der Waals surface area contributed by atoms with Crippen LogP contribution in [-0.4, -0.2) is 16.7 Å². The second-order valence-electron chi connectivity index (χ2n) is 2.53. The van der Waals surface area contributed by atoms with E-state index < -0.39 is 5.97 Å². The van der Waals surface area contributed by atoms with Gasteiger partial charge in [0.2, 0.25) is 5.88 Å². The van der Waals surface area contributed by atoms with Gasteiger partial charge in [-0.1, -0.05) is 0 Å². The fraction of sp³-hybridized carbons (Fsp3) is 0.222. The van der Waals surface area contributed by atoms with Crippen LogP contribution in [0.2, 0.25) is 0 Å². The van der Waals surface area contributed by atoms with Crippen molar-refractivity contribution >= 4 is 11.8 Å². The lowest BCUT2D eigenvalue weighted by atomic mass is 10.2. The number of carbonyl (C=O) groups excluding carboxylic acids is 2. The second-order valence-corrected chi connectivity index (χ2v) is 2.53. The molecule has 0 spiro atoms. The molecule has 1 aromatic heterocycles. The summed E-state index contributed by atoms with van der Waals surface area (Å²) in [6.07, 6.45) is 1.43. The van der Waals surface area contributed by atoms with Crippen molar-refractivity contribution in [3.63, 3.8) is 0 Å². The van der Waals surface area contributed by atoms with E-state index in [-0.39, 0.29) is 11.7 Å². The maximum atomic E-state index is 10.9. The molecule has 4 heteroatoms. The minimum absolute atomic E-state index is 0.0872. The van der Waals surface area contributed by atoms with Gasteiger partial charge in [0, 0.05) is 24.8 Å². The summed E-state index contributed by atoms with van der Waals surface area (Å²) in [6, 6.07) is 3.00. The third-order valence-electron chi connectivity index (χ3n) is 1.39. The third-order valence-corrected chi connectivity index (χ3v) is 1.39. The van der Waals surface area contributed by atoms with Gasteiger partial charge in [-0.15, -0.1) is 0 Å². The van der Waals surface area contributed by atoms with E-state index >= 15 is 0 Å². The van der Waals surface area contributed by atoms with Crippen LogP contribution in [0.4, 0.5) is 0 Å². The Labute approximate surface area is 75.5 Å². The number of hydrogen-bond donors (Lipinski definition) is 0. The van der Waals surface area contributed by atoms with Crippen molar-refractivity contribution < 1.29 is 14.3 Å². The molecule has 0 aliphatic carbocycles. The molecular formula is C9H9NO3. The Morgan fingerprint density at radius 2 is 2.08 bits per heavy atom. The SMILES string of the molecule is CC(=O)Oc1cc(C(C)=O)ccn1. The van der Waals surface area contributed by atoms with Crippen molar-refractivity contribution in [3.8, 4) is 5.88 Å². The number of ether oxygens (including phenoxy) is 1. The van der Waals surface area contributed by atoms with Crippen LogP contribution in [0, 0.1) is 0 Å². The fourth-order valence-electron chi connectivity index (χ4n) is 0.831. The number of pyridine rings is 1. The predicted octanol–water partition coefficient (Wildman–Crippen LogP) is 1.21. The van der Waals surface area contributed by atoms with Crippen molar-refractivity contribution in [2.24, 2.45) is 0 Å². The van der Waals surface area contributed by atoms with E-state index in [2.05, 4.69) is 4.98 Å². The number of carbonyl (C=O) groups is 2. The van der Waals surface area contributed by atoms with Gasteiger partial charge in [-0.2, -0.15) is 0 Å². The highest BCUT2D eigenvalue weighted by molar-refractivity contribution is 5.94. The highest BCUT2D eigenvalue weighted by Gasteiger charge is 2.03. The smallest absolute Gasteiger partial charge is 0.309 e. The first-order valence-electron chi connectivity index (χ1n) is 3.75. The Kier molecular flexibility index (Phi) is 2.74. The number of Topliss-reactive ketones (excluding diaryl/α,β-unsaturated/α-hetero) is 1. The molecule has 0 saturated heterocycles. The number of nitrogens with zero attached hydrogens (tertiary/aromatic N) is 1. The summed E-state index contributed by atoms with van der Waals surface area (Å²) in [6.45, 7) is 2.72. The highest BCUT2D eigenvalue weighted by Crippen LogP contribution is 2.09. The number of rotatable bonds is 2. The summed E-state index contributed by atoms with van der Waals surface area (Å²) in [5.41, 5.74) is 0.478. The quantitative estimate of drug-likeness (QED) is 0.505. The molecule has 4 nitrogen and oxygen atoms in total. The first-order chi connectivity index (χ1) is 6.09. The number of aromatic nitrogens is 1. The average molecular weight is 179 g/mol. The van der Waals surface area contributed by atoms with Crippen LogP contribution in [0.25, 0.3) is 0 Å². The van der Waals surface area contributed by atoms with Gasteiger partial charge in [0.15, 0.2) is 5.78 Å². The zero-order valence-electron chi connectivity index (χ0n) is 7.40. The Hall–Kier alpha value is -1.71. The molecule has 1 rings (SSSR count). The van der Waals surface area contributed by atoms with Crippen molar-refractivity contribution in [2.45, 2.75) is 13.8 Å². The number of hydrogen-bond acceptors (Lipinski definition) is 4. The predicted molar refractivity (Wildman–Crippen MR) is 45.6 cm³/mol. The molecule has 0 atom stereocenters. The molecule has 0 fully saturated rings. The van der Waals surface area contributed by atoms with E-state index in [4.69, 9.17) is 4.74 Å². The molecule has 1 aromatic rings. The van der Waals surface area contributed by atoms with Crippen LogP contribution in [-0.2, 0) is 4.79 Å². The van der Waals surface area contributed by atoms with Gasteiger partial charge in [-0.05, 0) is 13.0 Å². The molecule has 0 amide bonds. The molecule has 1 heterocycles. The maximum Gasteiger partial charge on any atom is 0.309 e. The molecule has 13 heavy (non-hydrogen) atoms. The van der Waals surface area contributed by atoms with Gasteiger partial charge in [0.1, 0.15) is 0 Å². The molecule has 0 saturated carbocycles. The Balaban J connectivity index is 2.91. The summed E-state index contributed by atoms with van der Waals surface area (Å²) < 4.78 is 4.70. The molecule has 0 aliphatic rings. The highest BCUT2D eigenvalue weighted by atomic mass is 16.5. The zero-order chi connectivity index (χ0) is 9.84. The molecule has 0 N–H and O–H groups in total. The minimum atomic E-state index is -0.451. The Bertz CT molecular complexity index is 346. The van der Waals surface area contributed by atoms with Gasteiger partial charge in [-0.3, -0.25) is 9.59 Å². The minimum Gasteiger partial charge on any atom is -0.408 e. The van der Waals surface area contributed by atoms with Crippen LogP contribution >= 0.6 is 0 Å². The van der Waals surface area contributed by atoms with Gasteiger partial charge in [0.25, 0.3) is 0 Å². The van der Waals surface area contributed by atoms with Crippen molar-refractivity contribution in [1.82, 2.24) is 4.98 Å². The topological polar surface area (TPSA) is 56.3 Å². The monoisotopic (exact) mass is 179 g/mol. The lowest BCUT2D eigenvalue weighted by Crippen LogP contribution is -2.04. The summed E-state index contributed by atoms with van der Waals surface area (Å²) in [5.74, 6) is -0.385. The molecule has 68 valence electrons. The van der Waals surface area contributed by atoms with Crippen molar-refractivity contribution in [2.75, 3.05) is 0 Å². The molecule has 0 bridgehead atoms. The van der Waals surface area contributed by atoms with Crippen LogP contribution in [0.5, 0.6) is 5.88 Å². The van der Waals surface area contributed by atoms with Gasteiger partial charge in [-0.25, -0.2) is 4.98 Å². The van der Waals surface area contributed by atoms with E-state index in [9.17, 15) is 9.59 Å². The average Bonchev–Trinajstić information content (AvgIpc) is 2.03. The molecule has 0 aromatic carbocycles. The maximum absolute atomic E-state index is 10.9. The standard InChI is InChI=1S/C9H9NO3/c1-6(11)8-3-4-10-9(5-8)13-7(2)12/h3-5H,1-2H3. The van der Waals surface area contributed by atoms with E-state index in [0.717, 1.165) is 0 Å². The van der Waals surface area contributed by atoms with Gasteiger partial charge < -0.3 is 4.74 Å². The zero-order valence-corrected chi connectivity index (χ0v) is 7.40. The van der Waals surface area contributed by atoms with Crippen LogP contribution in [0.3, 0.4) is 0 Å². The normalized spacial score (nSPS) is 9.38. The Morgan fingerprint density at radius 3 is 2.62 bits per heavy atom. The molecule has 0 radical (unpaired) electrons. The molecule has 0 unspecified atom stereocenters. The fourth-order valence-corrected chi connectivity index (χ4v) is 0.831. The van der Waals surface area contributed by atoms with Crippen molar-refractivity contribution in [3.05, 3.63) is 23.9 Å². The summed E-state index contributed by atoms with van der Waals surface area (Å²) in [4.78, 5) is 25.2. The second kappa shape index (κ2) is 3.80. The first kappa shape index (κ1) is 9.38. The van der Waals surface area contributed by atoms with E-state index in [1.165, 1.54) is 26.1 Å². The van der Waals surface area contributed by atoms with E-state index in [1.807, 2.05) is 0 Å². The lowest BCUT2D eigenvalue weighted by molar-refractivity contribution is -0.132. The van der Waals surface area contributed by atoms with Crippen LogP contribution < -0.4 is 4.74 Å². The number of ketones is 1. The van der Waals surface area contributed by atoms with E-state index in [1.54, 1.807) is 6.07 Å². The van der Waals surface area contributed by atoms with Crippen molar-refractivity contribution in [1.29, 1.82) is 0 Å². The summed E-state index contributed by atoms with van der Waals surface area (Å²) >= 11 is 0. The van der Waals surface area contributed by atoms with E-state index in [0.29, 0.717) is 5.56 Å². The van der Waals surface area contributed by atoms with Crippen LogP contribution in [0.15, 0.2) is 18.3 Å². The first-order valence-corrected chi connectivity index (χ1v) is 3.75. The Morgan fingerprint density at radius 1 is 1.38 bits per heavy atom. The lowest BCUT2D eigenvalue weighted by Gasteiger charge is -2.00. The third kappa shape index (κ3) is 2.66. The van der Waals surface area contributed by atoms with Gasteiger partial charge >= 0.3 is 5.97 Å². The summed E-state index contributed by atoms with van der Waals surface area (Å²) in [5, 5.41) is 0.